The summed E-state index contributed by atoms with van der Waals surface area (Å²) in [6.07, 6.45) is 3.05. The lowest BCUT2D eigenvalue weighted by atomic mass is 9.97. The van der Waals surface area contributed by atoms with Gasteiger partial charge in [0.1, 0.15) is 12.1 Å². The number of nitrogens with zero attached hydrogens (tertiary/aromatic N) is 3. The van der Waals surface area contributed by atoms with Gasteiger partial charge in [-0.25, -0.2) is 4.39 Å². The van der Waals surface area contributed by atoms with Crippen LogP contribution < -0.4 is 15.2 Å². The number of fused-ring (bicyclic) bond motifs is 2. The number of aldehydes is 1. The number of hydrogen-bond acceptors (Lipinski definition) is 7. The molecule has 5 rings (SSSR count). The molecule has 1 unspecified atom stereocenters. The first kappa shape index (κ1) is 18.7. The van der Waals surface area contributed by atoms with Gasteiger partial charge in [0, 0.05) is 46.4 Å². The summed E-state index contributed by atoms with van der Waals surface area (Å²) in [6.45, 7) is 0.525. The second kappa shape index (κ2) is 6.91. The summed E-state index contributed by atoms with van der Waals surface area (Å²) in [6, 6.07) is 6.27. The highest BCUT2D eigenvalue weighted by molar-refractivity contribution is 6.02. The maximum atomic E-state index is 15.1. The van der Waals surface area contributed by atoms with Crippen LogP contribution in [0.15, 0.2) is 24.3 Å². The molecule has 0 bridgehead atoms. The Morgan fingerprint density at radius 2 is 1.97 bits per heavy atom. The third-order valence-corrected chi connectivity index (χ3v) is 5.90. The molecular weight excluding hydrogens is 387 g/mol. The molecule has 3 heterocycles. The number of nitrogens with two attached hydrogens (primary N) is 1. The molecule has 30 heavy (non-hydrogen) atoms. The van der Waals surface area contributed by atoms with Crippen molar-refractivity contribution < 1.29 is 18.7 Å². The van der Waals surface area contributed by atoms with Crippen molar-refractivity contribution in [3.63, 3.8) is 0 Å². The first-order valence-corrected chi connectivity index (χ1v) is 9.78. The van der Waals surface area contributed by atoms with Crippen LogP contribution in [-0.2, 0) is 11.3 Å². The van der Waals surface area contributed by atoms with Crippen LogP contribution in [0.5, 0.6) is 11.8 Å². The first-order valence-electron chi connectivity index (χ1n) is 9.78. The topological polar surface area (TPSA) is 90.6 Å². The van der Waals surface area contributed by atoms with Crippen LogP contribution in [0.4, 0.5) is 10.1 Å². The minimum absolute atomic E-state index is 0.229. The highest BCUT2D eigenvalue weighted by Crippen LogP contribution is 2.46. The van der Waals surface area contributed by atoms with Gasteiger partial charge in [-0.15, -0.1) is 0 Å². The van der Waals surface area contributed by atoms with Crippen LogP contribution in [0.2, 0.25) is 0 Å². The Kier molecular flexibility index (Phi) is 4.32. The number of methoxy groups -OCH3 is 2. The van der Waals surface area contributed by atoms with E-state index in [4.69, 9.17) is 20.2 Å². The summed E-state index contributed by atoms with van der Waals surface area (Å²) in [5.74, 6) is 0.133. The van der Waals surface area contributed by atoms with Crippen molar-refractivity contribution in [2.75, 3.05) is 20.0 Å². The maximum Gasteiger partial charge on any atom is 0.224 e. The Bertz CT molecular complexity index is 1180. The molecule has 0 saturated heterocycles. The highest BCUT2D eigenvalue weighted by Gasteiger charge is 2.42. The van der Waals surface area contributed by atoms with Crippen molar-refractivity contribution in [3.05, 3.63) is 41.3 Å². The average Bonchev–Trinajstić information content (AvgIpc) is 3.54. The molecule has 2 N–H and O–H groups in total. The predicted octanol–water partition coefficient (Wildman–Crippen LogP) is 3.25. The molecule has 1 aromatic carbocycles. The zero-order chi connectivity index (χ0) is 21.0. The van der Waals surface area contributed by atoms with E-state index in [9.17, 15) is 4.79 Å². The monoisotopic (exact) mass is 408 g/mol. The van der Waals surface area contributed by atoms with Gasteiger partial charge < -0.3 is 20.0 Å². The van der Waals surface area contributed by atoms with Gasteiger partial charge in [-0.05, 0) is 31.0 Å². The molecule has 154 valence electrons. The van der Waals surface area contributed by atoms with E-state index in [1.165, 1.54) is 20.3 Å². The smallest absolute Gasteiger partial charge is 0.224 e. The molecule has 1 saturated carbocycles. The molecule has 0 radical (unpaired) electrons. The lowest BCUT2D eigenvalue weighted by Gasteiger charge is -2.20. The molecular formula is C22H21FN4O3. The van der Waals surface area contributed by atoms with Crippen molar-refractivity contribution in [2.24, 2.45) is 0 Å². The van der Waals surface area contributed by atoms with Gasteiger partial charge in [-0.1, -0.05) is 0 Å². The molecule has 1 aliphatic heterocycles. The number of carbonyl (C=O) groups excluding carboxylic acids is 1. The summed E-state index contributed by atoms with van der Waals surface area (Å²) in [4.78, 5) is 23.1. The largest absolute Gasteiger partial charge is 0.481 e. The Hall–Kier alpha value is -3.26. The summed E-state index contributed by atoms with van der Waals surface area (Å²) in [5, 5.41) is 0.604. The van der Waals surface area contributed by atoms with Crippen LogP contribution in [-0.4, -0.2) is 41.4 Å². The van der Waals surface area contributed by atoms with E-state index in [1.54, 1.807) is 18.2 Å². The number of anilines is 1. The van der Waals surface area contributed by atoms with Crippen LogP contribution in [0, 0.1) is 5.82 Å². The Morgan fingerprint density at radius 3 is 2.63 bits per heavy atom. The quantitative estimate of drug-likeness (QED) is 0.648. The van der Waals surface area contributed by atoms with Crippen molar-refractivity contribution in [2.45, 2.75) is 31.5 Å². The normalized spacial score (nSPS) is 18.4. The Labute approximate surface area is 172 Å². The van der Waals surface area contributed by atoms with Crippen LogP contribution in [0.3, 0.4) is 0 Å². The fourth-order valence-corrected chi connectivity index (χ4v) is 4.33. The molecule has 0 spiro atoms. The van der Waals surface area contributed by atoms with E-state index < -0.39 is 11.9 Å². The molecule has 2 aliphatic rings. The van der Waals surface area contributed by atoms with E-state index in [0.29, 0.717) is 40.6 Å². The number of rotatable bonds is 5. The minimum Gasteiger partial charge on any atom is -0.481 e. The molecule has 1 atom stereocenters. The SMILES string of the molecule is COc1ccc(-c2c(F)ccc3c(N)c4c(nc23)CN(C2CC2)C4C=O)c(OC)n1. The van der Waals surface area contributed by atoms with Gasteiger partial charge in [-0.3, -0.25) is 9.88 Å². The third-order valence-electron chi connectivity index (χ3n) is 5.90. The van der Waals surface area contributed by atoms with Gasteiger partial charge in [0.25, 0.3) is 0 Å². The van der Waals surface area contributed by atoms with Crippen molar-refractivity contribution >= 4 is 22.9 Å². The highest BCUT2D eigenvalue weighted by atomic mass is 19.1. The third kappa shape index (κ3) is 2.71. The van der Waals surface area contributed by atoms with E-state index in [2.05, 4.69) is 9.88 Å². The molecule has 3 aromatic rings. The van der Waals surface area contributed by atoms with Crippen LogP contribution >= 0.6 is 0 Å². The molecule has 1 aliphatic carbocycles. The zero-order valence-corrected chi connectivity index (χ0v) is 16.7. The van der Waals surface area contributed by atoms with Gasteiger partial charge in [-0.2, -0.15) is 4.98 Å². The molecule has 0 amide bonds. The second-order valence-corrected chi connectivity index (χ2v) is 7.60. The van der Waals surface area contributed by atoms with E-state index in [-0.39, 0.29) is 11.4 Å². The standard InChI is InChI=1S/C22H21FN4O3/c1-29-17-8-6-12(22(26-17)30-2)18-14(23)7-5-13-20(24)19-15(25-21(13)18)9-27(11-3-4-11)16(19)10-28/h5-8,10-11,16H,3-4,9H2,1-2H3,(H2,24,25). The summed E-state index contributed by atoms with van der Waals surface area (Å²) < 4.78 is 25.6. The van der Waals surface area contributed by atoms with Gasteiger partial charge in [0.05, 0.1) is 31.5 Å². The van der Waals surface area contributed by atoms with Crippen LogP contribution in [0.25, 0.3) is 22.0 Å². The van der Waals surface area contributed by atoms with Crippen molar-refractivity contribution in [1.29, 1.82) is 0 Å². The zero-order valence-electron chi connectivity index (χ0n) is 16.7. The maximum absolute atomic E-state index is 15.1. The Balaban J connectivity index is 1.76. The van der Waals surface area contributed by atoms with E-state index in [0.717, 1.165) is 30.4 Å². The number of hydrogen-bond donors (Lipinski definition) is 1. The fourth-order valence-electron chi connectivity index (χ4n) is 4.33. The molecule has 7 nitrogen and oxygen atoms in total. The minimum atomic E-state index is -0.455. The number of aromatic nitrogens is 2. The summed E-state index contributed by atoms with van der Waals surface area (Å²) >= 11 is 0. The van der Waals surface area contributed by atoms with E-state index in [1.807, 2.05) is 0 Å². The molecule has 8 heteroatoms. The van der Waals surface area contributed by atoms with Gasteiger partial charge >= 0.3 is 0 Å². The second-order valence-electron chi connectivity index (χ2n) is 7.60. The fraction of sp³-hybridized carbons (Fsp3) is 0.318. The number of ether oxygens (including phenoxy) is 2. The summed E-state index contributed by atoms with van der Waals surface area (Å²) in [7, 11) is 2.97. The van der Waals surface area contributed by atoms with E-state index >= 15 is 4.39 Å². The number of pyridine rings is 2. The molecule has 1 fully saturated rings. The predicted molar refractivity (Wildman–Crippen MR) is 110 cm³/mol. The Morgan fingerprint density at radius 1 is 1.17 bits per heavy atom. The number of halogens is 1. The lowest BCUT2D eigenvalue weighted by molar-refractivity contribution is -0.112. The number of carbonyl (C=O) groups is 1. The number of nitrogen functional groups attached to an aromatic ring is 1. The summed E-state index contributed by atoms with van der Waals surface area (Å²) in [5.41, 5.74) is 9.59. The first-order chi connectivity index (χ1) is 14.6. The molecule has 2 aromatic heterocycles. The lowest BCUT2D eigenvalue weighted by Crippen LogP contribution is -2.25. The van der Waals surface area contributed by atoms with Crippen molar-refractivity contribution in [1.82, 2.24) is 14.9 Å². The van der Waals surface area contributed by atoms with Crippen molar-refractivity contribution in [3.8, 4) is 22.9 Å². The van der Waals surface area contributed by atoms with Gasteiger partial charge in [0.15, 0.2) is 0 Å². The van der Waals surface area contributed by atoms with Gasteiger partial charge in [0.2, 0.25) is 11.8 Å². The number of benzene rings is 1. The van der Waals surface area contributed by atoms with Crippen LogP contribution in [0.1, 0.15) is 30.1 Å². The average molecular weight is 408 g/mol.